The summed E-state index contributed by atoms with van der Waals surface area (Å²) in [4.78, 5) is 0. The summed E-state index contributed by atoms with van der Waals surface area (Å²) in [7, 11) is 0. The zero-order valence-electron chi connectivity index (χ0n) is 19.9. The molecule has 0 N–H and O–H groups in total. The topological polar surface area (TPSA) is 23.8 Å². The fourth-order valence-electron chi connectivity index (χ4n) is 5.63. The summed E-state index contributed by atoms with van der Waals surface area (Å²) in [6, 6.07) is 6.36. The first kappa shape index (κ1) is 24.6. The summed E-state index contributed by atoms with van der Waals surface area (Å²) in [6.45, 7) is 2.30. The summed E-state index contributed by atoms with van der Waals surface area (Å²) >= 11 is 0. The standard InChI is InChI=1S/C30H40FN/c1-2-3-4-7-24-10-14-26(15-11-24)18-19-27-16-12-25(13-17-27)8-5-6-9-28-20-21-29(23-32)30(31)22-28/h5,8,20-22,24-27H,2-4,7,10-19H2,1H3. The van der Waals surface area contributed by atoms with Crippen molar-refractivity contribution in [2.24, 2.45) is 23.7 Å². The molecule has 2 aliphatic rings. The summed E-state index contributed by atoms with van der Waals surface area (Å²) in [5.74, 6) is 9.09. The van der Waals surface area contributed by atoms with Gasteiger partial charge in [-0.1, -0.05) is 89.0 Å². The maximum Gasteiger partial charge on any atom is 0.142 e. The molecule has 0 aromatic heterocycles. The van der Waals surface area contributed by atoms with Crippen LogP contribution in [0.3, 0.4) is 0 Å². The van der Waals surface area contributed by atoms with Crippen molar-refractivity contribution in [2.45, 2.75) is 96.8 Å². The zero-order valence-corrected chi connectivity index (χ0v) is 19.9. The molecule has 1 aromatic rings. The molecule has 1 nitrogen and oxygen atoms in total. The maximum atomic E-state index is 13.6. The van der Waals surface area contributed by atoms with Crippen LogP contribution in [0, 0.1) is 52.7 Å². The van der Waals surface area contributed by atoms with E-state index in [0.717, 1.165) is 17.8 Å². The van der Waals surface area contributed by atoms with Gasteiger partial charge in [-0.25, -0.2) is 4.39 Å². The molecule has 0 bridgehead atoms. The quantitative estimate of drug-likeness (QED) is 0.297. The normalized spacial score (nSPS) is 25.8. The second-order valence-electron chi connectivity index (χ2n) is 10.2. The molecule has 0 radical (unpaired) electrons. The van der Waals surface area contributed by atoms with E-state index in [2.05, 4.69) is 24.8 Å². The molecule has 2 aliphatic carbocycles. The van der Waals surface area contributed by atoms with Gasteiger partial charge in [0.25, 0.3) is 0 Å². The minimum absolute atomic E-state index is 0.0675. The number of benzene rings is 1. The number of halogens is 1. The molecule has 172 valence electrons. The van der Waals surface area contributed by atoms with Crippen LogP contribution in [0.1, 0.15) is 108 Å². The van der Waals surface area contributed by atoms with Gasteiger partial charge in [-0.15, -0.1) is 0 Å². The van der Waals surface area contributed by atoms with E-state index >= 15 is 0 Å². The van der Waals surface area contributed by atoms with Crippen molar-refractivity contribution >= 4 is 0 Å². The summed E-state index contributed by atoms with van der Waals surface area (Å²) in [5, 5.41) is 8.79. The molecule has 0 aliphatic heterocycles. The average molecular weight is 434 g/mol. The van der Waals surface area contributed by atoms with E-state index in [1.807, 2.05) is 12.1 Å². The fourth-order valence-corrected chi connectivity index (χ4v) is 5.63. The highest BCUT2D eigenvalue weighted by Gasteiger charge is 2.24. The first-order valence-electron chi connectivity index (χ1n) is 13.1. The van der Waals surface area contributed by atoms with Gasteiger partial charge in [-0.05, 0) is 73.6 Å². The molecular weight excluding hydrogens is 393 g/mol. The number of hydrogen-bond acceptors (Lipinski definition) is 1. The fraction of sp³-hybridized carbons (Fsp3) is 0.633. The van der Waals surface area contributed by atoms with Gasteiger partial charge >= 0.3 is 0 Å². The third-order valence-corrected chi connectivity index (χ3v) is 7.81. The van der Waals surface area contributed by atoms with Crippen LogP contribution >= 0.6 is 0 Å². The first-order chi connectivity index (χ1) is 15.7. The SMILES string of the molecule is CCCCCC1CCC(CCC2CCC(C=CC#Cc3ccc(C#N)c(F)c3)CC2)CC1. The predicted molar refractivity (Wildman–Crippen MR) is 131 cm³/mol. The van der Waals surface area contributed by atoms with Crippen LogP contribution in [0.2, 0.25) is 0 Å². The molecule has 1 aromatic carbocycles. The summed E-state index contributed by atoms with van der Waals surface area (Å²) in [6.07, 6.45) is 24.0. The Balaban J connectivity index is 1.30. The lowest BCUT2D eigenvalue weighted by Gasteiger charge is -2.31. The number of allylic oxidation sites excluding steroid dienone is 2. The Labute approximate surface area is 195 Å². The third-order valence-electron chi connectivity index (χ3n) is 7.81. The van der Waals surface area contributed by atoms with Gasteiger partial charge < -0.3 is 0 Å². The van der Waals surface area contributed by atoms with Crippen molar-refractivity contribution in [3.8, 4) is 17.9 Å². The molecule has 2 saturated carbocycles. The minimum Gasteiger partial charge on any atom is -0.206 e. The van der Waals surface area contributed by atoms with Crippen LogP contribution in [0.4, 0.5) is 4.39 Å². The zero-order chi connectivity index (χ0) is 22.6. The van der Waals surface area contributed by atoms with E-state index in [1.54, 1.807) is 6.07 Å². The number of unbranched alkanes of at least 4 members (excludes halogenated alkanes) is 2. The Hall–Kier alpha value is -2.06. The summed E-state index contributed by atoms with van der Waals surface area (Å²) < 4.78 is 13.6. The lowest BCUT2D eigenvalue weighted by atomic mass is 9.75. The molecule has 3 rings (SSSR count). The number of nitriles is 1. The number of nitrogens with zero attached hydrogens (tertiary/aromatic N) is 1. The first-order valence-corrected chi connectivity index (χ1v) is 13.1. The highest BCUT2D eigenvalue weighted by Crippen LogP contribution is 2.38. The molecule has 2 fully saturated rings. The van der Waals surface area contributed by atoms with Crippen LogP contribution in [0.15, 0.2) is 30.4 Å². The van der Waals surface area contributed by atoms with Crippen LogP contribution in [-0.4, -0.2) is 0 Å². The highest BCUT2D eigenvalue weighted by atomic mass is 19.1. The smallest absolute Gasteiger partial charge is 0.142 e. The number of rotatable bonds is 8. The van der Waals surface area contributed by atoms with Crippen LogP contribution in [0.25, 0.3) is 0 Å². The van der Waals surface area contributed by atoms with E-state index in [0.29, 0.717) is 11.5 Å². The van der Waals surface area contributed by atoms with Crippen molar-refractivity contribution in [1.29, 1.82) is 5.26 Å². The molecule has 2 heteroatoms. The average Bonchev–Trinajstić information content (AvgIpc) is 2.82. The van der Waals surface area contributed by atoms with E-state index in [-0.39, 0.29) is 5.56 Å². The van der Waals surface area contributed by atoms with E-state index in [4.69, 9.17) is 5.26 Å². The highest BCUT2D eigenvalue weighted by molar-refractivity contribution is 5.42. The van der Waals surface area contributed by atoms with Crippen molar-refractivity contribution in [1.82, 2.24) is 0 Å². The van der Waals surface area contributed by atoms with Crippen molar-refractivity contribution in [2.75, 3.05) is 0 Å². The van der Waals surface area contributed by atoms with Crippen LogP contribution in [0.5, 0.6) is 0 Å². The number of hydrogen-bond donors (Lipinski definition) is 0. The second-order valence-corrected chi connectivity index (χ2v) is 10.2. The Morgan fingerprint density at radius 3 is 2.12 bits per heavy atom. The van der Waals surface area contributed by atoms with Gasteiger partial charge in [-0.2, -0.15) is 5.26 Å². The summed E-state index contributed by atoms with van der Waals surface area (Å²) in [5.41, 5.74) is 0.683. The van der Waals surface area contributed by atoms with Gasteiger partial charge in [0.2, 0.25) is 0 Å². The monoisotopic (exact) mass is 433 g/mol. The van der Waals surface area contributed by atoms with Crippen molar-refractivity contribution in [3.63, 3.8) is 0 Å². The molecular formula is C30H40FN. The van der Waals surface area contributed by atoms with Gasteiger partial charge in [0.15, 0.2) is 0 Å². The largest absolute Gasteiger partial charge is 0.206 e. The van der Waals surface area contributed by atoms with E-state index in [1.165, 1.54) is 102 Å². The Morgan fingerprint density at radius 1 is 0.906 bits per heavy atom. The predicted octanol–water partition coefficient (Wildman–Crippen LogP) is 8.58. The van der Waals surface area contributed by atoms with Crippen molar-refractivity contribution < 1.29 is 4.39 Å². The second kappa shape index (κ2) is 13.5. The maximum absolute atomic E-state index is 13.6. The third kappa shape index (κ3) is 8.13. The van der Waals surface area contributed by atoms with Gasteiger partial charge in [0, 0.05) is 5.56 Å². The van der Waals surface area contributed by atoms with Crippen LogP contribution < -0.4 is 0 Å². The minimum atomic E-state index is -0.499. The Morgan fingerprint density at radius 2 is 1.53 bits per heavy atom. The van der Waals surface area contributed by atoms with E-state index < -0.39 is 5.82 Å². The Kier molecular flexibility index (Phi) is 10.4. The van der Waals surface area contributed by atoms with Gasteiger partial charge in [0.1, 0.15) is 11.9 Å². The molecule has 0 amide bonds. The van der Waals surface area contributed by atoms with Gasteiger partial charge in [0.05, 0.1) is 5.56 Å². The van der Waals surface area contributed by atoms with Gasteiger partial charge in [-0.3, -0.25) is 0 Å². The van der Waals surface area contributed by atoms with E-state index in [9.17, 15) is 4.39 Å². The Bertz CT molecular complexity index is 821. The molecule has 0 spiro atoms. The molecule has 0 saturated heterocycles. The lowest BCUT2D eigenvalue weighted by Crippen LogP contribution is -2.17. The molecule has 0 heterocycles. The lowest BCUT2D eigenvalue weighted by molar-refractivity contribution is 0.219. The van der Waals surface area contributed by atoms with Crippen molar-refractivity contribution in [3.05, 3.63) is 47.3 Å². The molecule has 0 atom stereocenters. The molecule has 0 unspecified atom stereocenters. The molecule has 32 heavy (non-hydrogen) atoms. The van der Waals surface area contributed by atoms with Crippen LogP contribution in [-0.2, 0) is 0 Å².